The summed E-state index contributed by atoms with van der Waals surface area (Å²) >= 11 is 0. The number of aliphatic hydroxyl groups is 1. The molecule has 0 aliphatic heterocycles. The van der Waals surface area contributed by atoms with Gasteiger partial charge in [0.15, 0.2) is 0 Å². The summed E-state index contributed by atoms with van der Waals surface area (Å²) in [6, 6.07) is 3.70. The van der Waals surface area contributed by atoms with Crippen molar-refractivity contribution in [2.45, 2.75) is 31.5 Å². The van der Waals surface area contributed by atoms with E-state index in [1.165, 1.54) is 0 Å². The molecule has 18 heavy (non-hydrogen) atoms. The van der Waals surface area contributed by atoms with E-state index in [1.54, 1.807) is 13.4 Å². The van der Waals surface area contributed by atoms with Gasteiger partial charge < -0.3 is 20.0 Å². The van der Waals surface area contributed by atoms with E-state index in [0.717, 1.165) is 12.2 Å². The Morgan fingerprint density at radius 3 is 2.78 bits per heavy atom. The normalized spacial score (nSPS) is 16.8. The first-order valence-corrected chi connectivity index (χ1v) is 6.26. The molecule has 3 unspecified atom stereocenters. The number of methoxy groups -OCH3 is 1. The molecule has 0 spiro atoms. The Morgan fingerprint density at radius 1 is 1.56 bits per heavy atom. The Labute approximate surface area is 109 Å². The molecular formula is C13H24N2O3. The molecule has 3 atom stereocenters. The van der Waals surface area contributed by atoms with Crippen molar-refractivity contribution < 1.29 is 14.3 Å². The quantitative estimate of drug-likeness (QED) is 0.726. The molecule has 0 amide bonds. The van der Waals surface area contributed by atoms with Gasteiger partial charge in [-0.25, -0.2) is 0 Å². The Kier molecular flexibility index (Phi) is 6.35. The molecule has 0 aliphatic carbocycles. The lowest BCUT2D eigenvalue weighted by atomic mass is 10.0. The standard InChI is InChI=1S/C13H24N2O3/c1-4-11(14)13(12-6-5-7-18-12)15(2)8-10(16)9-17-3/h5-7,10-11,13,16H,4,8-9,14H2,1-3H3. The molecule has 0 aromatic carbocycles. The van der Waals surface area contributed by atoms with Gasteiger partial charge in [0.2, 0.25) is 0 Å². The van der Waals surface area contributed by atoms with E-state index in [2.05, 4.69) is 0 Å². The molecular weight excluding hydrogens is 232 g/mol. The van der Waals surface area contributed by atoms with Crippen LogP contribution in [0.1, 0.15) is 25.1 Å². The maximum atomic E-state index is 9.78. The van der Waals surface area contributed by atoms with Gasteiger partial charge in [-0.1, -0.05) is 6.92 Å². The highest BCUT2D eigenvalue weighted by atomic mass is 16.5. The van der Waals surface area contributed by atoms with Crippen molar-refractivity contribution in [2.24, 2.45) is 5.73 Å². The zero-order chi connectivity index (χ0) is 13.5. The fourth-order valence-electron chi connectivity index (χ4n) is 2.13. The monoisotopic (exact) mass is 256 g/mol. The highest BCUT2D eigenvalue weighted by Crippen LogP contribution is 2.24. The summed E-state index contributed by atoms with van der Waals surface area (Å²) in [7, 11) is 3.51. The Morgan fingerprint density at radius 2 is 2.28 bits per heavy atom. The SMILES string of the molecule is CCC(N)C(c1ccco1)N(C)CC(O)COC. The third-order valence-electron chi connectivity index (χ3n) is 3.04. The molecule has 104 valence electrons. The second-order valence-electron chi connectivity index (χ2n) is 4.58. The van der Waals surface area contributed by atoms with Gasteiger partial charge in [-0.05, 0) is 25.6 Å². The lowest BCUT2D eigenvalue weighted by Gasteiger charge is -2.32. The van der Waals surface area contributed by atoms with E-state index in [-0.39, 0.29) is 12.1 Å². The average Bonchev–Trinajstić information content (AvgIpc) is 2.82. The molecule has 0 saturated carbocycles. The summed E-state index contributed by atoms with van der Waals surface area (Å²) in [6.45, 7) is 2.85. The fraction of sp³-hybridized carbons (Fsp3) is 0.692. The van der Waals surface area contributed by atoms with Crippen LogP contribution in [0.3, 0.4) is 0 Å². The van der Waals surface area contributed by atoms with Crippen LogP contribution >= 0.6 is 0 Å². The lowest BCUT2D eigenvalue weighted by molar-refractivity contribution is 0.0281. The number of nitrogens with two attached hydrogens (primary N) is 1. The molecule has 5 heteroatoms. The van der Waals surface area contributed by atoms with Crippen molar-refractivity contribution in [2.75, 3.05) is 27.3 Å². The molecule has 1 rings (SSSR count). The second-order valence-corrected chi connectivity index (χ2v) is 4.58. The second kappa shape index (κ2) is 7.53. The van der Waals surface area contributed by atoms with Crippen molar-refractivity contribution >= 4 is 0 Å². The maximum absolute atomic E-state index is 9.78. The van der Waals surface area contributed by atoms with E-state index in [1.807, 2.05) is 31.0 Å². The van der Waals surface area contributed by atoms with Gasteiger partial charge in [0.25, 0.3) is 0 Å². The number of hydrogen-bond acceptors (Lipinski definition) is 5. The van der Waals surface area contributed by atoms with Crippen LogP contribution in [0.2, 0.25) is 0 Å². The van der Waals surface area contributed by atoms with Crippen LogP contribution in [-0.4, -0.2) is 49.5 Å². The minimum Gasteiger partial charge on any atom is -0.468 e. The summed E-state index contributed by atoms with van der Waals surface area (Å²) in [5, 5.41) is 9.78. The third kappa shape index (κ3) is 4.10. The molecule has 3 N–H and O–H groups in total. The number of nitrogens with zero attached hydrogens (tertiary/aromatic N) is 1. The Balaban J connectivity index is 2.71. The number of likely N-dealkylation sites (N-methyl/N-ethyl adjacent to an activating group) is 1. The first-order chi connectivity index (χ1) is 8.60. The van der Waals surface area contributed by atoms with E-state index in [4.69, 9.17) is 14.9 Å². The van der Waals surface area contributed by atoms with E-state index < -0.39 is 6.10 Å². The highest BCUT2D eigenvalue weighted by molar-refractivity contribution is 5.07. The zero-order valence-corrected chi connectivity index (χ0v) is 11.4. The summed E-state index contributed by atoms with van der Waals surface area (Å²) < 4.78 is 10.4. The van der Waals surface area contributed by atoms with Crippen LogP contribution in [0, 0.1) is 0 Å². The minimum atomic E-state index is -0.526. The van der Waals surface area contributed by atoms with Crippen LogP contribution < -0.4 is 5.73 Å². The predicted octanol–water partition coefficient (Wildman–Crippen LogP) is 0.997. The largest absolute Gasteiger partial charge is 0.468 e. The van der Waals surface area contributed by atoms with Gasteiger partial charge in [-0.15, -0.1) is 0 Å². The molecule has 1 heterocycles. The third-order valence-corrected chi connectivity index (χ3v) is 3.04. The predicted molar refractivity (Wildman–Crippen MR) is 70.2 cm³/mol. The van der Waals surface area contributed by atoms with Gasteiger partial charge >= 0.3 is 0 Å². The van der Waals surface area contributed by atoms with Gasteiger partial charge in [0, 0.05) is 19.7 Å². The number of furan rings is 1. The summed E-state index contributed by atoms with van der Waals surface area (Å²) in [6.07, 6.45) is 1.96. The lowest BCUT2D eigenvalue weighted by Crippen LogP contribution is -2.42. The van der Waals surface area contributed by atoms with E-state index in [9.17, 15) is 5.11 Å². The summed E-state index contributed by atoms with van der Waals surface area (Å²) in [5.41, 5.74) is 6.14. The van der Waals surface area contributed by atoms with Gasteiger partial charge in [0.1, 0.15) is 5.76 Å². The van der Waals surface area contributed by atoms with Crippen molar-refractivity contribution in [3.8, 4) is 0 Å². The summed E-state index contributed by atoms with van der Waals surface area (Å²) in [4.78, 5) is 2.01. The average molecular weight is 256 g/mol. The molecule has 0 radical (unpaired) electrons. The number of aliphatic hydroxyl groups excluding tert-OH is 1. The first-order valence-electron chi connectivity index (χ1n) is 6.26. The van der Waals surface area contributed by atoms with Crippen LogP contribution in [-0.2, 0) is 4.74 Å². The van der Waals surface area contributed by atoms with E-state index >= 15 is 0 Å². The zero-order valence-electron chi connectivity index (χ0n) is 11.4. The topological polar surface area (TPSA) is 71.9 Å². The van der Waals surface area contributed by atoms with Gasteiger partial charge in [-0.2, -0.15) is 0 Å². The van der Waals surface area contributed by atoms with Crippen LogP contribution in [0.15, 0.2) is 22.8 Å². The molecule has 0 bridgehead atoms. The summed E-state index contributed by atoms with van der Waals surface area (Å²) in [5.74, 6) is 0.830. The smallest absolute Gasteiger partial charge is 0.122 e. The van der Waals surface area contributed by atoms with Crippen molar-refractivity contribution in [3.63, 3.8) is 0 Å². The number of rotatable bonds is 8. The van der Waals surface area contributed by atoms with Crippen LogP contribution in [0.4, 0.5) is 0 Å². The molecule has 5 nitrogen and oxygen atoms in total. The van der Waals surface area contributed by atoms with Crippen molar-refractivity contribution in [1.29, 1.82) is 0 Å². The molecule has 0 aliphatic rings. The van der Waals surface area contributed by atoms with Crippen molar-refractivity contribution in [1.82, 2.24) is 4.90 Å². The van der Waals surface area contributed by atoms with Gasteiger partial charge in [-0.3, -0.25) is 4.90 Å². The molecule has 1 aromatic heterocycles. The number of ether oxygens (including phenoxy) is 1. The van der Waals surface area contributed by atoms with Gasteiger partial charge in [0.05, 0.1) is 25.0 Å². The first kappa shape index (κ1) is 15.2. The molecule has 0 fully saturated rings. The van der Waals surface area contributed by atoms with Crippen molar-refractivity contribution in [3.05, 3.63) is 24.2 Å². The Bertz CT molecular complexity index is 316. The van der Waals surface area contributed by atoms with Crippen LogP contribution in [0.25, 0.3) is 0 Å². The highest BCUT2D eigenvalue weighted by Gasteiger charge is 2.26. The minimum absolute atomic E-state index is 0.0310. The molecule has 0 saturated heterocycles. The number of hydrogen-bond donors (Lipinski definition) is 2. The van der Waals surface area contributed by atoms with E-state index in [0.29, 0.717) is 13.2 Å². The maximum Gasteiger partial charge on any atom is 0.122 e. The fourth-order valence-corrected chi connectivity index (χ4v) is 2.13. The van der Waals surface area contributed by atoms with Crippen LogP contribution in [0.5, 0.6) is 0 Å². The Hall–Kier alpha value is -0.880. The molecule has 1 aromatic rings.